The largest absolute Gasteiger partial charge is 0.488 e. The number of alkyl halides is 3. The highest BCUT2D eigenvalue weighted by molar-refractivity contribution is 9.10. The molecule has 0 heterocycles. The summed E-state index contributed by atoms with van der Waals surface area (Å²) in [5.41, 5.74) is 0.529. The normalized spacial score (nSPS) is 11.5. The Hall–Kier alpha value is -1.53. The minimum Gasteiger partial charge on any atom is -0.488 e. The van der Waals surface area contributed by atoms with Crippen molar-refractivity contribution in [2.45, 2.75) is 19.4 Å². The van der Waals surface area contributed by atoms with Crippen LogP contribution in [0.5, 0.6) is 5.75 Å². The van der Waals surface area contributed by atoms with E-state index in [1.54, 1.807) is 18.2 Å². The van der Waals surface area contributed by atoms with E-state index < -0.39 is 11.7 Å². The second-order valence-corrected chi connectivity index (χ2v) is 5.21. The van der Waals surface area contributed by atoms with Gasteiger partial charge in [0.2, 0.25) is 0 Å². The van der Waals surface area contributed by atoms with Gasteiger partial charge < -0.3 is 9.84 Å². The summed E-state index contributed by atoms with van der Waals surface area (Å²) in [4.78, 5) is 0. The molecule has 21 heavy (non-hydrogen) atoms. The number of benzene rings is 2. The molecule has 2 nitrogen and oxygen atoms in total. The Kier molecular flexibility index (Phi) is 4.90. The first-order chi connectivity index (χ1) is 9.91. The molecule has 0 amide bonds. The fourth-order valence-corrected chi connectivity index (χ4v) is 2.25. The van der Waals surface area contributed by atoms with Gasteiger partial charge >= 0.3 is 6.18 Å². The Balaban J connectivity index is 2.09. The van der Waals surface area contributed by atoms with Gasteiger partial charge in [0.05, 0.1) is 12.2 Å². The number of rotatable bonds is 4. The molecule has 2 aromatic carbocycles. The van der Waals surface area contributed by atoms with Gasteiger partial charge in [0, 0.05) is 10.0 Å². The summed E-state index contributed by atoms with van der Waals surface area (Å²) < 4.78 is 43.6. The lowest BCUT2D eigenvalue weighted by atomic mass is 10.1. The molecule has 0 bridgehead atoms. The van der Waals surface area contributed by atoms with Gasteiger partial charge in [-0.25, -0.2) is 0 Å². The predicted octanol–water partition coefficient (Wildman–Crippen LogP) is 4.54. The van der Waals surface area contributed by atoms with E-state index in [2.05, 4.69) is 15.9 Å². The third-order valence-corrected chi connectivity index (χ3v) is 3.65. The van der Waals surface area contributed by atoms with Crippen LogP contribution in [-0.2, 0) is 19.4 Å². The molecule has 1 N–H and O–H groups in total. The third kappa shape index (κ3) is 3.98. The summed E-state index contributed by atoms with van der Waals surface area (Å²) >= 11 is 3.30. The molecule has 0 aliphatic carbocycles. The third-order valence-electron chi connectivity index (χ3n) is 2.91. The van der Waals surface area contributed by atoms with Crippen molar-refractivity contribution in [1.29, 1.82) is 0 Å². The Morgan fingerprint density at radius 2 is 1.71 bits per heavy atom. The molecule has 0 atom stereocenters. The quantitative estimate of drug-likeness (QED) is 0.867. The van der Waals surface area contributed by atoms with Crippen molar-refractivity contribution in [3.05, 3.63) is 63.6 Å². The van der Waals surface area contributed by atoms with E-state index in [1.165, 1.54) is 12.1 Å². The number of ether oxygens (including phenoxy) is 1. The highest BCUT2D eigenvalue weighted by atomic mass is 79.9. The van der Waals surface area contributed by atoms with E-state index >= 15 is 0 Å². The van der Waals surface area contributed by atoms with Crippen molar-refractivity contribution in [1.82, 2.24) is 0 Å². The molecule has 6 heteroatoms. The first-order valence-corrected chi connectivity index (χ1v) is 6.88. The van der Waals surface area contributed by atoms with Crippen LogP contribution < -0.4 is 4.74 Å². The number of hydrogen-bond donors (Lipinski definition) is 1. The summed E-state index contributed by atoms with van der Waals surface area (Å²) in [7, 11) is 0. The van der Waals surface area contributed by atoms with E-state index in [0.29, 0.717) is 16.9 Å². The molecule has 0 aromatic heterocycles. The fourth-order valence-electron chi connectivity index (χ4n) is 1.78. The lowest BCUT2D eigenvalue weighted by Crippen LogP contribution is -2.05. The molecule has 0 unspecified atom stereocenters. The average Bonchev–Trinajstić information content (AvgIpc) is 2.44. The van der Waals surface area contributed by atoms with Crippen LogP contribution >= 0.6 is 15.9 Å². The lowest BCUT2D eigenvalue weighted by molar-refractivity contribution is -0.137. The summed E-state index contributed by atoms with van der Waals surface area (Å²) in [6, 6.07) is 10.0. The molecule has 0 saturated carbocycles. The Morgan fingerprint density at radius 1 is 1.05 bits per heavy atom. The predicted molar refractivity (Wildman–Crippen MR) is 75.8 cm³/mol. The maximum absolute atomic E-state index is 12.4. The van der Waals surface area contributed by atoms with Crippen LogP contribution in [-0.4, -0.2) is 5.11 Å². The number of aliphatic hydroxyl groups is 1. The molecule has 0 radical (unpaired) electrons. The minimum absolute atomic E-state index is 0.127. The highest BCUT2D eigenvalue weighted by Crippen LogP contribution is 2.30. The van der Waals surface area contributed by atoms with Crippen LogP contribution in [0.15, 0.2) is 46.9 Å². The lowest BCUT2D eigenvalue weighted by Gasteiger charge is -2.12. The summed E-state index contributed by atoms with van der Waals surface area (Å²) in [5, 5.41) is 9.29. The Morgan fingerprint density at radius 3 is 2.29 bits per heavy atom. The fraction of sp³-hybridized carbons (Fsp3) is 0.200. The summed E-state index contributed by atoms with van der Waals surface area (Å²) in [5.74, 6) is 0.492. The zero-order valence-corrected chi connectivity index (χ0v) is 12.4. The van der Waals surface area contributed by atoms with Gasteiger partial charge in [-0.3, -0.25) is 0 Å². The first-order valence-electron chi connectivity index (χ1n) is 6.09. The average molecular weight is 361 g/mol. The van der Waals surface area contributed by atoms with E-state index in [0.717, 1.165) is 16.6 Å². The monoisotopic (exact) mass is 360 g/mol. The molecule has 0 spiro atoms. The van der Waals surface area contributed by atoms with Crippen LogP contribution in [0.1, 0.15) is 16.7 Å². The van der Waals surface area contributed by atoms with Gasteiger partial charge in [-0.15, -0.1) is 0 Å². The SMILES string of the molecule is OCc1c(Br)cccc1OCc1ccc(C(F)(F)F)cc1. The van der Waals surface area contributed by atoms with Gasteiger partial charge in [0.15, 0.2) is 0 Å². The molecule has 2 rings (SSSR count). The van der Waals surface area contributed by atoms with Gasteiger partial charge in [0.25, 0.3) is 0 Å². The molecule has 0 aliphatic heterocycles. The molecule has 2 aromatic rings. The first kappa shape index (κ1) is 15.9. The Labute approximate surface area is 128 Å². The second-order valence-electron chi connectivity index (χ2n) is 4.36. The second kappa shape index (κ2) is 6.49. The van der Waals surface area contributed by atoms with Gasteiger partial charge in [-0.1, -0.05) is 34.1 Å². The molecular formula is C15H12BrF3O2. The molecular weight excluding hydrogens is 349 g/mol. The number of hydrogen-bond acceptors (Lipinski definition) is 2. The maximum Gasteiger partial charge on any atom is 0.416 e. The van der Waals surface area contributed by atoms with Crippen LogP contribution in [0, 0.1) is 0 Å². The van der Waals surface area contributed by atoms with Gasteiger partial charge in [0.1, 0.15) is 12.4 Å². The van der Waals surface area contributed by atoms with Crippen molar-refractivity contribution in [2.75, 3.05) is 0 Å². The minimum atomic E-state index is -4.34. The topological polar surface area (TPSA) is 29.5 Å². The molecule has 112 valence electrons. The van der Waals surface area contributed by atoms with E-state index in [4.69, 9.17) is 4.74 Å². The van der Waals surface area contributed by atoms with Gasteiger partial charge in [-0.2, -0.15) is 13.2 Å². The standard InChI is InChI=1S/C15H12BrF3O2/c16-13-2-1-3-14(12(13)8-20)21-9-10-4-6-11(7-5-10)15(17,18)19/h1-7,20H,8-9H2. The maximum atomic E-state index is 12.4. The smallest absolute Gasteiger partial charge is 0.416 e. The van der Waals surface area contributed by atoms with E-state index in [9.17, 15) is 18.3 Å². The van der Waals surface area contributed by atoms with Gasteiger partial charge in [-0.05, 0) is 29.8 Å². The van der Waals surface area contributed by atoms with Crippen LogP contribution in [0.4, 0.5) is 13.2 Å². The molecule has 0 aliphatic rings. The van der Waals surface area contributed by atoms with Crippen molar-refractivity contribution in [3.63, 3.8) is 0 Å². The van der Waals surface area contributed by atoms with Crippen molar-refractivity contribution < 1.29 is 23.0 Å². The number of halogens is 4. The van der Waals surface area contributed by atoms with Crippen LogP contribution in [0.25, 0.3) is 0 Å². The molecule has 0 fully saturated rings. The van der Waals surface area contributed by atoms with Crippen molar-refractivity contribution >= 4 is 15.9 Å². The van der Waals surface area contributed by atoms with Crippen molar-refractivity contribution in [2.24, 2.45) is 0 Å². The zero-order chi connectivity index (χ0) is 15.5. The number of aliphatic hydroxyl groups excluding tert-OH is 1. The van der Waals surface area contributed by atoms with Crippen molar-refractivity contribution in [3.8, 4) is 5.75 Å². The van der Waals surface area contributed by atoms with Crippen LogP contribution in [0.3, 0.4) is 0 Å². The van der Waals surface area contributed by atoms with E-state index in [1.807, 2.05) is 0 Å². The highest BCUT2D eigenvalue weighted by Gasteiger charge is 2.29. The van der Waals surface area contributed by atoms with E-state index in [-0.39, 0.29) is 13.2 Å². The summed E-state index contributed by atoms with van der Waals surface area (Å²) in [6.07, 6.45) is -4.34. The Bertz CT molecular complexity index is 609. The summed E-state index contributed by atoms with van der Waals surface area (Å²) in [6.45, 7) is -0.0641. The zero-order valence-electron chi connectivity index (χ0n) is 10.8. The van der Waals surface area contributed by atoms with Crippen LogP contribution in [0.2, 0.25) is 0 Å². The molecule has 0 saturated heterocycles.